The van der Waals surface area contributed by atoms with Gasteiger partial charge in [-0.2, -0.15) is 0 Å². The van der Waals surface area contributed by atoms with Gasteiger partial charge in [0.2, 0.25) is 0 Å². The van der Waals surface area contributed by atoms with E-state index in [0.717, 1.165) is 7.28 Å². The Balaban J connectivity index is 2.65. The lowest BCUT2D eigenvalue weighted by Crippen LogP contribution is -2.14. The summed E-state index contributed by atoms with van der Waals surface area (Å²) in [7, 11) is 0.956. The van der Waals surface area contributed by atoms with Gasteiger partial charge in [0.15, 0.2) is 7.28 Å². The van der Waals surface area contributed by atoms with Gasteiger partial charge in [0, 0.05) is 0 Å². The molecule has 0 saturated carbocycles. The Morgan fingerprint density at radius 1 is 1.36 bits per heavy atom. The van der Waals surface area contributed by atoms with Gasteiger partial charge in [-0.3, -0.25) is 0 Å². The molecule has 0 bridgehead atoms. The van der Waals surface area contributed by atoms with Crippen LogP contribution in [0.5, 0.6) is 0 Å². The van der Waals surface area contributed by atoms with E-state index in [0.29, 0.717) is 0 Å². The Bertz CT molecular complexity index is 241. The molecule has 2 heteroatoms. The molecule has 1 aromatic rings. The molecule has 0 spiro atoms. The summed E-state index contributed by atoms with van der Waals surface area (Å²) in [5.74, 6) is 0. The molecule has 0 unspecified atom stereocenters. The molecule has 0 radical (unpaired) electrons. The monoisotopic (exact) mass is 145 g/mol. The molecule has 56 valence electrons. The number of hydrogen-bond donors (Lipinski definition) is 1. The quantitative estimate of drug-likeness (QED) is 0.604. The van der Waals surface area contributed by atoms with Crippen LogP contribution in [0.1, 0.15) is 6.92 Å². The van der Waals surface area contributed by atoms with Gasteiger partial charge < -0.3 is 5.73 Å². The minimum atomic E-state index is 0.956. The molecule has 0 atom stereocenters. The molecule has 2 N–H and O–H groups in total. The molecule has 1 nitrogen and oxygen atoms in total. The Morgan fingerprint density at radius 2 is 2.00 bits per heavy atom. The summed E-state index contributed by atoms with van der Waals surface area (Å²) in [5, 5.41) is 0. The van der Waals surface area contributed by atoms with Gasteiger partial charge in [0.1, 0.15) is 0 Å². The molecule has 0 aliphatic heterocycles. The Morgan fingerprint density at radius 3 is 2.55 bits per heavy atom. The molecule has 0 aliphatic rings. The highest BCUT2D eigenvalue weighted by Gasteiger charge is 1.94. The summed E-state index contributed by atoms with van der Waals surface area (Å²) in [6.45, 7) is 2.03. The SMILES string of the molecule is C/C(Bc1ccccc1)=C\N. The van der Waals surface area contributed by atoms with Crippen LogP contribution in [0.2, 0.25) is 0 Å². The number of benzene rings is 1. The fourth-order valence-electron chi connectivity index (χ4n) is 0.977. The lowest BCUT2D eigenvalue weighted by Gasteiger charge is -1.96. The van der Waals surface area contributed by atoms with Gasteiger partial charge in [-0.05, 0) is 6.20 Å². The summed E-state index contributed by atoms with van der Waals surface area (Å²) in [5.41, 5.74) is 7.87. The van der Waals surface area contributed by atoms with Crippen LogP contribution in [0.3, 0.4) is 0 Å². The molecule has 0 aromatic heterocycles. The van der Waals surface area contributed by atoms with Gasteiger partial charge in [-0.15, -0.1) is 0 Å². The third kappa shape index (κ3) is 2.50. The number of nitrogens with two attached hydrogens (primary N) is 1. The molecule has 0 heterocycles. The standard InChI is InChI=1S/C9H12BN/c1-8(7-11)10-9-5-3-2-4-6-9/h2-7,10H,11H2,1H3/b8-7+. The minimum Gasteiger partial charge on any atom is -0.405 e. The predicted octanol–water partition coefficient (Wildman–Crippen LogP) is 0.568. The first-order valence-corrected chi connectivity index (χ1v) is 3.74. The van der Waals surface area contributed by atoms with E-state index in [1.165, 1.54) is 10.9 Å². The van der Waals surface area contributed by atoms with Crippen LogP contribution >= 0.6 is 0 Å². The van der Waals surface area contributed by atoms with Crippen molar-refractivity contribution in [1.29, 1.82) is 0 Å². The van der Waals surface area contributed by atoms with Crippen LogP contribution in [0.15, 0.2) is 42.0 Å². The van der Waals surface area contributed by atoms with E-state index in [2.05, 4.69) is 12.1 Å². The van der Waals surface area contributed by atoms with E-state index in [9.17, 15) is 0 Å². The summed E-state index contributed by atoms with van der Waals surface area (Å²) in [6, 6.07) is 10.3. The first-order chi connectivity index (χ1) is 5.33. The molecule has 0 amide bonds. The summed E-state index contributed by atoms with van der Waals surface area (Å²) in [6.07, 6.45) is 1.66. The van der Waals surface area contributed by atoms with Crippen molar-refractivity contribution < 1.29 is 0 Å². The molecule has 0 saturated heterocycles. The topological polar surface area (TPSA) is 26.0 Å². The molecule has 1 rings (SSSR count). The van der Waals surface area contributed by atoms with Gasteiger partial charge in [0.05, 0.1) is 0 Å². The average Bonchev–Trinajstić information content (AvgIpc) is 2.06. The van der Waals surface area contributed by atoms with Crippen molar-refractivity contribution in [3.8, 4) is 0 Å². The second-order valence-electron chi connectivity index (χ2n) is 2.68. The van der Waals surface area contributed by atoms with Crippen molar-refractivity contribution in [1.82, 2.24) is 0 Å². The maximum atomic E-state index is 5.36. The normalized spacial score (nSPS) is 11.2. The number of hydrogen-bond acceptors (Lipinski definition) is 1. The first kappa shape index (κ1) is 7.93. The molecule has 0 fully saturated rings. The maximum Gasteiger partial charge on any atom is 0.188 e. The van der Waals surface area contributed by atoms with E-state index >= 15 is 0 Å². The van der Waals surface area contributed by atoms with Crippen LogP contribution < -0.4 is 11.2 Å². The minimum absolute atomic E-state index is 0.956. The second kappa shape index (κ2) is 3.86. The van der Waals surface area contributed by atoms with Crippen molar-refractivity contribution >= 4 is 12.7 Å². The smallest absolute Gasteiger partial charge is 0.188 e. The number of allylic oxidation sites excluding steroid dienone is 1. The highest BCUT2D eigenvalue weighted by Crippen LogP contribution is 1.87. The Labute approximate surface area is 68.2 Å². The lowest BCUT2D eigenvalue weighted by molar-refractivity contribution is 1.51. The van der Waals surface area contributed by atoms with E-state index in [4.69, 9.17) is 5.73 Å². The Kier molecular flexibility index (Phi) is 2.78. The maximum absolute atomic E-state index is 5.36. The van der Waals surface area contributed by atoms with E-state index < -0.39 is 0 Å². The lowest BCUT2D eigenvalue weighted by atomic mass is 9.64. The summed E-state index contributed by atoms with van der Waals surface area (Å²) in [4.78, 5) is 0. The average molecular weight is 145 g/mol. The van der Waals surface area contributed by atoms with Gasteiger partial charge in [-0.25, -0.2) is 0 Å². The molecular formula is C9H12BN. The number of rotatable bonds is 2. The Hall–Kier alpha value is -1.18. The van der Waals surface area contributed by atoms with Crippen LogP contribution in [0.25, 0.3) is 0 Å². The fraction of sp³-hybridized carbons (Fsp3) is 0.111. The molecular weight excluding hydrogens is 133 g/mol. The van der Waals surface area contributed by atoms with E-state index in [1.807, 2.05) is 25.1 Å². The molecule has 0 aliphatic carbocycles. The zero-order valence-corrected chi connectivity index (χ0v) is 6.75. The van der Waals surface area contributed by atoms with Crippen LogP contribution in [0.4, 0.5) is 0 Å². The van der Waals surface area contributed by atoms with E-state index in [-0.39, 0.29) is 0 Å². The fourth-order valence-corrected chi connectivity index (χ4v) is 0.977. The molecule has 1 aromatic carbocycles. The summed E-state index contributed by atoms with van der Waals surface area (Å²) >= 11 is 0. The van der Waals surface area contributed by atoms with Crippen molar-refractivity contribution in [2.24, 2.45) is 5.73 Å². The van der Waals surface area contributed by atoms with Crippen molar-refractivity contribution in [3.63, 3.8) is 0 Å². The third-order valence-corrected chi connectivity index (χ3v) is 1.61. The van der Waals surface area contributed by atoms with Crippen molar-refractivity contribution in [2.45, 2.75) is 6.92 Å². The zero-order chi connectivity index (χ0) is 8.10. The van der Waals surface area contributed by atoms with E-state index in [1.54, 1.807) is 6.20 Å². The van der Waals surface area contributed by atoms with Crippen LogP contribution in [-0.4, -0.2) is 7.28 Å². The third-order valence-electron chi connectivity index (χ3n) is 1.61. The second-order valence-corrected chi connectivity index (χ2v) is 2.68. The van der Waals surface area contributed by atoms with Gasteiger partial charge >= 0.3 is 0 Å². The zero-order valence-electron chi connectivity index (χ0n) is 6.75. The van der Waals surface area contributed by atoms with Crippen LogP contribution in [0, 0.1) is 0 Å². The molecule has 11 heavy (non-hydrogen) atoms. The van der Waals surface area contributed by atoms with Gasteiger partial charge in [-0.1, -0.05) is 48.2 Å². The van der Waals surface area contributed by atoms with Gasteiger partial charge in [0.25, 0.3) is 0 Å². The highest BCUT2D eigenvalue weighted by atomic mass is 14.5. The van der Waals surface area contributed by atoms with Crippen LogP contribution in [-0.2, 0) is 0 Å². The van der Waals surface area contributed by atoms with Crippen molar-refractivity contribution in [3.05, 3.63) is 42.0 Å². The largest absolute Gasteiger partial charge is 0.405 e. The van der Waals surface area contributed by atoms with Crippen molar-refractivity contribution in [2.75, 3.05) is 0 Å². The summed E-state index contributed by atoms with van der Waals surface area (Å²) < 4.78 is 0. The highest BCUT2D eigenvalue weighted by molar-refractivity contribution is 6.60. The first-order valence-electron chi connectivity index (χ1n) is 3.74. The predicted molar refractivity (Wildman–Crippen MR) is 51.2 cm³/mol.